The van der Waals surface area contributed by atoms with E-state index in [2.05, 4.69) is 5.32 Å². The Morgan fingerprint density at radius 2 is 2.00 bits per heavy atom. The van der Waals surface area contributed by atoms with Crippen LogP contribution in [0.25, 0.3) is 0 Å². The van der Waals surface area contributed by atoms with Gasteiger partial charge in [-0.05, 0) is 36.2 Å². The summed E-state index contributed by atoms with van der Waals surface area (Å²) < 4.78 is 37.2. The molecule has 0 fully saturated rings. The first-order valence-corrected chi connectivity index (χ1v) is 4.61. The quantitative estimate of drug-likeness (QED) is 0.697. The summed E-state index contributed by atoms with van der Waals surface area (Å²) in [6, 6.07) is 1.89. The molecule has 2 rings (SSSR count). The molecular formula is C10H10F3NO. The lowest BCUT2D eigenvalue weighted by Crippen LogP contribution is -2.24. The fourth-order valence-corrected chi connectivity index (χ4v) is 1.76. The lowest BCUT2D eigenvalue weighted by Gasteiger charge is -2.20. The first-order chi connectivity index (χ1) is 6.98. The summed E-state index contributed by atoms with van der Waals surface area (Å²) in [6.07, 6.45) is -3.83. The third-order valence-electron chi connectivity index (χ3n) is 2.51. The van der Waals surface area contributed by atoms with E-state index < -0.39 is 11.7 Å². The number of phenolic OH excluding ortho intramolecular Hbond substituents is 1. The number of aromatic hydroxyl groups is 1. The van der Waals surface area contributed by atoms with Crippen molar-refractivity contribution in [3.05, 3.63) is 28.8 Å². The summed E-state index contributed by atoms with van der Waals surface area (Å²) in [4.78, 5) is 0. The molecule has 0 unspecified atom stereocenters. The molecule has 15 heavy (non-hydrogen) atoms. The molecule has 0 saturated heterocycles. The van der Waals surface area contributed by atoms with Gasteiger partial charge in [-0.1, -0.05) is 0 Å². The summed E-state index contributed by atoms with van der Waals surface area (Å²) in [5.41, 5.74) is 0.373. The van der Waals surface area contributed by atoms with Gasteiger partial charge in [0.2, 0.25) is 0 Å². The molecule has 0 atom stereocenters. The fraction of sp³-hybridized carbons (Fsp3) is 0.400. The maximum Gasteiger partial charge on any atom is 0.416 e. The number of hydrogen-bond donors (Lipinski definition) is 2. The highest BCUT2D eigenvalue weighted by atomic mass is 19.4. The number of benzene rings is 1. The van der Waals surface area contributed by atoms with Crippen LogP contribution in [0, 0.1) is 0 Å². The minimum absolute atomic E-state index is 0.249. The topological polar surface area (TPSA) is 32.3 Å². The largest absolute Gasteiger partial charge is 0.508 e. The summed E-state index contributed by atoms with van der Waals surface area (Å²) in [7, 11) is 0. The van der Waals surface area contributed by atoms with Crippen LogP contribution in [0.3, 0.4) is 0 Å². The second-order valence-electron chi connectivity index (χ2n) is 3.56. The molecule has 1 aromatic carbocycles. The third-order valence-corrected chi connectivity index (χ3v) is 2.51. The van der Waals surface area contributed by atoms with Gasteiger partial charge in [0.1, 0.15) is 5.75 Å². The number of hydrogen-bond acceptors (Lipinski definition) is 2. The number of halogens is 3. The van der Waals surface area contributed by atoms with Crippen molar-refractivity contribution in [3.63, 3.8) is 0 Å². The average molecular weight is 217 g/mol. The van der Waals surface area contributed by atoms with Crippen molar-refractivity contribution < 1.29 is 18.3 Å². The van der Waals surface area contributed by atoms with Crippen molar-refractivity contribution in [2.75, 3.05) is 6.54 Å². The average Bonchev–Trinajstić information content (AvgIpc) is 2.16. The molecule has 1 aromatic rings. The van der Waals surface area contributed by atoms with Gasteiger partial charge in [0.15, 0.2) is 0 Å². The molecule has 82 valence electrons. The zero-order valence-corrected chi connectivity index (χ0v) is 7.86. The maximum atomic E-state index is 12.4. The number of nitrogens with one attached hydrogen (secondary N) is 1. The molecule has 0 aliphatic carbocycles. The maximum absolute atomic E-state index is 12.4. The highest BCUT2D eigenvalue weighted by Gasteiger charge is 2.32. The fourth-order valence-electron chi connectivity index (χ4n) is 1.76. The molecule has 2 N–H and O–H groups in total. The molecule has 0 bridgehead atoms. The molecule has 0 aromatic heterocycles. The normalized spacial score (nSPS) is 16.2. The summed E-state index contributed by atoms with van der Waals surface area (Å²) >= 11 is 0. The Kier molecular flexibility index (Phi) is 2.34. The molecule has 5 heteroatoms. The zero-order valence-electron chi connectivity index (χ0n) is 7.86. The van der Waals surface area contributed by atoms with Gasteiger partial charge in [-0.3, -0.25) is 0 Å². The van der Waals surface area contributed by atoms with Crippen molar-refractivity contribution in [3.8, 4) is 5.75 Å². The number of alkyl halides is 3. The molecule has 1 aliphatic rings. The van der Waals surface area contributed by atoms with Crippen molar-refractivity contribution in [1.29, 1.82) is 0 Å². The molecule has 1 heterocycles. The van der Waals surface area contributed by atoms with E-state index in [1.165, 1.54) is 0 Å². The van der Waals surface area contributed by atoms with E-state index in [1.54, 1.807) is 0 Å². The summed E-state index contributed by atoms with van der Waals surface area (Å²) in [6.45, 7) is 1.07. The van der Waals surface area contributed by atoms with Crippen molar-refractivity contribution in [2.24, 2.45) is 0 Å². The van der Waals surface area contributed by atoms with E-state index in [4.69, 9.17) is 0 Å². The van der Waals surface area contributed by atoms with Gasteiger partial charge in [0.25, 0.3) is 0 Å². The third kappa shape index (κ3) is 1.92. The first-order valence-electron chi connectivity index (χ1n) is 4.61. The van der Waals surface area contributed by atoms with E-state index >= 15 is 0 Å². The first kappa shape index (κ1) is 10.3. The monoisotopic (exact) mass is 217 g/mol. The van der Waals surface area contributed by atoms with Crippen LogP contribution in [-0.2, 0) is 19.1 Å². The predicted molar refractivity (Wildman–Crippen MR) is 48.5 cm³/mol. The van der Waals surface area contributed by atoms with Crippen LogP contribution in [0.1, 0.15) is 16.7 Å². The van der Waals surface area contributed by atoms with Gasteiger partial charge in [-0.15, -0.1) is 0 Å². The number of phenols is 1. The minimum atomic E-state index is -4.40. The number of fused-ring (bicyclic) bond motifs is 1. The van der Waals surface area contributed by atoms with Crippen LogP contribution in [0.4, 0.5) is 13.2 Å². The van der Waals surface area contributed by atoms with Crippen LogP contribution in [0.5, 0.6) is 5.75 Å². The van der Waals surface area contributed by atoms with Crippen LogP contribution in [0.2, 0.25) is 0 Å². The zero-order chi connectivity index (χ0) is 11.1. The van der Waals surface area contributed by atoms with Crippen LogP contribution < -0.4 is 5.32 Å². The minimum Gasteiger partial charge on any atom is -0.508 e. The number of rotatable bonds is 0. The van der Waals surface area contributed by atoms with Gasteiger partial charge in [-0.25, -0.2) is 0 Å². The highest BCUT2D eigenvalue weighted by molar-refractivity contribution is 5.45. The Bertz CT molecular complexity index is 387. The van der Waals surface area contributed by atoms with E-state index in [-0.39, 0.29) is 5.75 Å². The van der Waals surface area contributed by atoms with E-state index in [1.807, 2.05) is 0 Å². The standard InChI is InChI=1S/C10H10F3NO/c11-10(12,13)7-3-6-5-14-2-1-8(6)9(15)4-7/h3-4,14-15H,1-2,5H2. The second kappa shape index (κ2) is 3.41. The van der Waals surface area contributed by atoms with Crippen LogP contribution in [0.15, 0.2) is 12.1 Å². The Morgan fingerprint density at radius 3 is 2.67 bits per heavy atom. The lowest BCUT2D eigenvalue weighted by atomic mass is 9.97. The lowest BCUT2D eigenvalue weighted by molar-refractivity contribution is -0.137. The summed E-state index contributed by atoms with van der Waals surface area (Å²) in [5.74, 6) is -0.249. The summed E-state index contributed by atoms with van der Waals surface area (Å²) in [5, 5.41) is 12.4. The van der Waals surface area contributed by atoms with E-state index in [0.29, 0.717) is 30.6 Å². The Hall–Kier alpha value is -1.23. The van der Waals surface area contributed by atoms with Crippen molar-refractivity contribution in [1.82, 2.24) is 5.32 Å². The Morgan fingerprint density at radius 1 is 1.27 bits per heavy atom. The van der Waals surface area contributed by atoms with Crippen LogP contribution >= 0.6 is 0 Å². The van der Waals surface area contributed by atoms with Crippen molar-refractivity contribution >= 4 is 0 Å². The van der Waals surface area contributed by atoms with Crippen molar-refractivity contribution in [2.45, 2.75) is 19.1 Å². The Balaban J connectivity index is 2.50. The van der Waals surface area contributed by atoms with E-state index in [9.17, 15) is 18.3 Å². The highest BCUT2D eigenvalue weighted by Crippen LogP contribution is 2.35. The second-order valence-corrected chi connectivity index (χ2v) is 3.56. The van der Waals surface area contributed by atoms with Gasteiger partial charge in [-0.2, -0.15) is 13.2 Å². The molecule has 0 saturated carbocycles. The predicted octanol–water partition coefficient (Wildman–Crippen LogP) is 2.06. The van der Waals surface area contributed by atoms with E-state index in [0.717, 1.165) is 12.1 Å². The van der Waals surface area contributed by atoms with Crippen LogP contribution in [-0.4, -0.2) is 11.7 Å². The molecule has 0 radical (unpaired) electrons. The van der Waals surface area contributed by atoms with Gasteiger partial charge in [0.05, 0.1) is 5.56 Å². The van der Waals surface area contributed by atoms with Gasteiger partial charge in [0, 0.05) is 6.54 Å². The molecule has 1 aliphatic heterocycles. The SMILES string of the molecule is Oc1cc(C(F)(F)F)cc2c1CCNC2. The molecule has 0 amide bonds. The molecule has 0 spiro atoms. The smallest absolute Gasteiger partial charge is 0.416 e. The Labute approximate surface area is 84.7 Å². The molecular weight excluding hydrogens is 207 g/mol. The molecule has 2 nitrogen and oxygen atoms in total. The van der Waals surface area contributed by atoms with Gasteiger partial charge >= 0.3 is 6.18 Å². The van der Waals surface area contributed by atoms with Gasteiger partial charge < -0.3 is 10.4 Å².